The molecule has 2 N–H and O–H groups in total. The van der Waals surface area contributed by atoms with E-state index in [1.165, 1.54) is 218 Å². The molecule has 0 bridgehead atoms. The Hall–Kier alpha value is -1.28. The van der Waals surface area contributed by atoms with E-state index in [1.807, 2.05) is 27.2 Å². The molecule has 0 aliphatic heterocycles. The van der Waals surface area contributed by atoms with Gasteiger partial charge >= 0.3 is 0 Å². The molecule has 0 aromatic rings. The number of amides is 1. The number of nitrogens with zero attached hydrogens (tertiary/aromatic N) is 1. The van der Waals surface area contributed by atoms with Crippen molar-refractivity contribution in [2.75, 3.05) is 40.9 Å². The van der Waals surface area contributed by atoms with Crippen molar-refractivity contribution in [3.8, 4) is 0 Å². The normalized spacial score (nSPS) is 14.2. The van der Waals surface area contributed by atoms with Crippen molar-refractivity contribution in [1.82, 2.24) is 5.32 Å². The number of rotatable bonds is 54. The van der Waals surface area contributed by atoms with Gasteiger partial charge in [-0.2, -0.15) is 0 Å². The minimum absolute atomic E-state index is 0.00733. The summed E-state index contributed by atoms with van der Waals surface area (Å²) in [6.45, 7) is 4.66. The SMILES string of the molecule is CCCCCCCCCCCCCCC/C=C/CC/C=C/CC/C=C/C(O)C(COP(=O)([O-])OCC[N+](C)(C)C)NC(=O)CCCCCCCCCCCCCCCCCCCCCCCCC. The Morgan fingerprint density at radius 3 is 1.19 bits per heavy atom. The molecule has 0 spiro atoms. The van der Waals surface area contributed by atoms with Gasteiger partial charge in [0.1, 0.15) is 13.2 Å². The highest BCUT2D eigenvalue weighted by atomic mass is 31.2. The minimum Gasteiger partial charge on any atom is -0.756 e. The number of aliphatic hydroxyl groups excluding tert-OH is 1. The highest BCUT2D eigenvalue weighted by molar-refractivity contribution is 7.45. The molecule has 3 unspecified atom stereocenters. The van der Waals surface area contributed by atoms with E-state index in [0.29, 0.717) is 17.4 Å². The number of phosphoric acid groups is 1. The van der Waals surface area contributed by atoms with Crippen LogP contribution in [0.2, 0.25) is 0 Å². The molecule has 0 radical (unpaired) electrons. The minimum atomic E-state index is -4.61. The number of carbonyl (C=O) groups excluding carboxylic acids is 1. The number of hydrogen-bond donors (Lipinski definition) is 2. The molecule has 0 fully saturated rings. The standard InChI is InChI=1S/C59H115N2O6P/c1-6-8-10-12-14-16-18-20-22-24-26-28-30-32-34-36-38-40-42-44-46-48-50-52-58(62)57(56-67-68(64,65)66-55-54-61(3,4)5)60-59(63)53-51-49-47-45-43-41-39-37-35-33-31-29-27-25-23-21-19-17-15-13-11-9-7-2/h34,36,42,44,50,52,57-58,62H,6-33,35,37-41,43,45-49,51,53-56H2,1-5H3,(H-,60,63,64,65)/b36-34+,44-42+,52-50+. The van der Waals surface area contributed by atoms with E-state index in [9.17, 15) is 19.4 Å². The maximum atomic E-state index is 13.0. The molecular formula is C59H115N2O6P. The van der Waals surface area contributed by atoms with Crippen molar-refractivity contribution < 1.29 is 32.9 Å². The largest absolute Gasteiger partial charge is 0.756 e. The molecule has 68 heavy (non-hydrogen) atoms. The molecule has 0 aromatic heterocycles. The lowest BCUT2D eigenvalue weighted by Gasteiger charge is -2.29. The molecule has 1 amide bonds. The van der Waals surface area contributed by atoms with Crippen molar-refractivity contribution in [2.24, 2.45) is 0 Å². The summed E-state index contributed by atoms with van der Waals surface area (Å²) in [5.74, 6) is -0.206. The molecule has 0 saturated carbocycles. The first-order chi connectivity index (χ1) is 33.0. The van der Waals surface area contributed by atoms with Crippen molar-refractivity contribution in [2.45, 2.75) is 296 Å². The van der Waals surface area contributed by atoms with Crippen LogP contribution in [0.25, 0.3) is 0 Å². The number of aliphatic hydroxyl groups is 1. The highest BCUT2D eigenvalue weighted by Crippen LogP contribution is 2.38. The first kappa shape index (κ1) is 66.7. The number of unbranched alkanes of at least 4 members (excludes halogenated alkanes) is 37. The molecule has 0 aliphatic carbocycles. The summed E-state index contributed by atoms with van der Waals surface area (Å²) < 4.78 is 23.3. The summed E-state index contributed by atoms with van der Waals surface area (Å²) in [5.41, 5.74) is 0. The van der Waals surface area contributed by atoms with E-state index in [1.54, 1.807) is 6.08 Å². The zero-order valence-corrected chi connectivity index (χ0v) is 46.7. The second kappa shape index (κ2) is 50.7. The fourth-order valence-electron chi connectivity index (χ4n) is 8.72. The number of quaternary nitrogens is 1. The summed E-state index contributed by atoms with van der Waals surface area (Å²) in [6.07, 6.45) is 65.1. The lowest BCUT2D eigenvalue weighted by atomic mass is 10.0. The zero-order valence-electron chi connectivity index (χ0n) is 45.8. The lowest BCUT2D eigenvalue weighted by molar-refractivity contribution is -0.870. The van der Waals surface area contributed by atoms with Crippen molar-refractivity contribution in [3.63, 3.8) is 0 Å². The monoisotopic (exact) mass is 979 g/mol. The Labute approximate surface area is 423 Å². The van der Waals surface area contributed by atoms with Crippen LogP contribution in [0.1, 0.15) is 284 Å². The summed E-state index contributed by atoms with van der Waals surface area (Å²) in [7, 11) is 1.25. The van der Waals surface area contributed by atoms with E-state index >= 15 is 0 Å². The van der Waals surface area contributed by atoms with E-state index < -0.39 is 26.6 Å². The number of hydrogen-bond acceptors (Lipinski definition) is 6. The highest BCUT2D eigenvalue weighted by Gasteiger charge is 2.23. The summed E-state index contributed by atoms with van der Waals surface area (Å²) in [6, 6.07) is -0.908. The molecule has 9 heteroatoms. The van der Waals surface area contributed by atoms with E-state index in [4.69, 9.17) is 9.05 Å². The predicted molar refractivity (Wildman–Crippen MR) is 293 cm³/mol. The third kappa shape index (κ3) is 52.5. The van der Waals surface area contributed by atoms with Gasteiger partial charge in [-0.15, -0.1) is 0 Å². The van der Waals surface area contributed by atoms with E-state index in [-0.39, 0.29) is 12.5 Å². The Morgan fingerprint density at radius 2 is 0.824 bits per heavy atom. The van der Waals surface area contributed by atoms with Gasteiger partial charge in [0.25, 0.3) is 7.82 Å². The average molecular weight is 980 g/mol. The first-order valence-electron chi connectivity index (χ1n) is 29.4. The van der Waals surface area contributed by atoms with Crippen LogP contribution in [0.3, 0.4) is 0 Å². The molecule has 8 nitrogen and oxygen atoms in total. The molecule has 3 atom stereocenters. The van der Waals surface area contributed by atoms with Crippen molar-refractivity contribution >= 4 is 13.7 Å². The van der Waals surface area contributed by atoms with Crippen molar-refractivity contribution in [3.05, 3.63) is 36.5 Å². The lowest BCUT2D eigenvalue weighted by Crippen LogP contribution is -2.45. The van der Waals surface area contributed by atoms with Crippen LogP contribution in [0.15, 0.2) is 36.5 Å². The van der Waals surface area contributed by atoms with Gasteiger partial charge in [0.15, 0.2) is 0 Å². The van der Waals surface area contributed by atoms with Crippen LogP contribution in [-0.4, -0.2) is 68.5 Å². The van der Waals surface area contributed by atoms with Crippen LogP contribution in [0.4, 0.5) is 0 Å². The Bertz CT molecular complexity index is 1200. The fourth-order valence-corrected chi connectivity index (χ4v) is 9.44. The number of allylic oxidation sites excluding steroid dienone is 5. The molecule has 0 rings (SSSR count). The van der Waals surface area contributed by atoms with Gasteiger partial charge in [-0.1, -0.05) is 269 Å². The van der Waals surface area contributed by atoms with E-state index in [2.05, 4.69) is 43.5 Å². The van der Waals surface area contributed by atoms with Gasteiger partial charge in [-0.05, 0) is 44.9 Å². The van der Waals surface area contributed by atoms with Crippen LogP contribution in [0, 0.1) is 0 Å². The summed E-state index contributed by atoms with van der Waals surface area (Å²) in [5, 5.41) is 13.9. The molecule has 0 heterocycles. The smallest absolute Gasteiger partial charge is 0.268 e. The second-order valence-corrected chi connectivity index (χ2v) is 22.8. The first-order valence-corrected chi connectivity index (χ1v) is 30.8. The average Bonchev–Trinajstić information content (AvgIpc) is 3.30. The maximum Gasteiger partial charge on any atom is 0.268 e. The molecular weight excluding hydrogens is 864 g/mol. The fraction of sp³-hybridized carbons (Fsp3) is 0.881. The Balaban J connectivity index is 4.25. The molecule has 0 aliphatic rings. The molecule has 0 aromatic carbocycles. The quantitative estimate of drug-likeness (QED) is 0.0272. The van der Waals surface area contributed by atoms with Crippen LogP contribution in [0.5, 0.6) is 0 Å². The van der Waals surface area contributed by atoms with Gasteiger partial charge in [-0.3, -0.25) is 9.36 Å². The van der Waals surface area contributed by atoms with Crippen LogP contribution < -0.4 is 10.2 Å². The van der Waals surface area contributed by atoms with Gasteiger partial charge in [0, 0.05) is 6.42 Å². The third-order valence-electron chi connectivity index (χ3n) is 13.3. The van der Waals surface area contributed by atoms with E-state index in [0.717, 1.165) is 44.9 Å². The Kier molecular flexibility index (Phi) is 49.7. The maximum absolute atomic E-state index is 13.0. The topological polar surface area (TPSA) is 108 Å². The summed E-state index contributed by atoms with van der Waals surface area (Å²) >= 11 is 0. The Morgan fingerprint density at radius 1 is 0.500 bits per heavy atom. The zero-order chi connectivity index (χ0) is 49.9. The predicted octanol–water partition coefficient (Wildman–Crippen LogP) is 17.1. The number of nitrogens with one attached hydrogen (secondary N) is 1. The second-order valence-electron chi connectivity index (χ2n) is 21.3. The number of likely N-dealkylation sites (N-methyl/N-ethyl adjacent to an activating group) is 1. The molecule has 402 valence electrons. The van der Waals surface area contributed by atoms with Crippen LogP contribution >= 0.6 is 7.82 Å². The summed E-state index contributed by atoms with van der Waals surface area (Å²) in [4.78, 5) is 25.5. The van der Waals surface area contributed by atoms with Crippen molar-refractivity contribution in [1.29, 1.82) is 0 Å². The van der Waals surface area contributed by atoms with Gasteiger partial charge in [0.05, 0.1) is 39.9 Å². The number of phosphoric ester groups is 1. The van der Waals surface area contributed by atoms with Gasteiger partial charge in [-0.25, -0.2) is 0 Å². The van der Waals surface area contributed by atoms with Crippen LogP contribution in [-0.2, 0) is 18.4 Å². The van der Waals surface area contributed by atoms with Gasteiger partial charge < -0.3 is 28.8 Å². The third-order valence-corrected chi connectivity index (χ3v) is 14.3. The number of carbonyl (C=O) groups is 1. The van der Waals surface area contributed by atoms with Gasteiger partial charge in [0.2, 0.25) is 5.91 Å². The molecule has 0 saturated heterocycles.